The SMILES string of the molecule is CC/C=C/C/C=C/C/C=C/C/C=C/C/C=C/C/C=C/CCCCCCC(=O)OCC(COCCC(C(=O)[O-])[N+](C)(C)C)OC(=O)CCCCCCCCCCCCCCCCCCCC. The van der Waals surface area contributed by atoms with Crippen molar-refractivity contribution in [2.45, 2.75) is 231 Å². The number of carboxylic acid groups (broad SMARTS) is 1. The first-order valence-corrected chi connectivity index (χ1v) is 26.5. The highest BCUT2D eigenvalue weighted by Gasteiger charge is 2.25. The van der Waals surface area contributed by atoms with Crippen LogP contribution < -0.4 is 5.11 Å². The smallest absolute Gasteiger partial charge is 0.306 e. The van der Waals surface area contributed by atoms with E-state index in [1.165, 1.54) is 96.3 Å². The normalized spacial score (nSPS) is 13.4. The van der Waals surface area contributed by atoms with E-state index < -0.39 is 18.1 Å². The van der Waals surface area contributed by atoms with Crippen LogP contribution in [0.25, 0.3) is 0 Å². The van der Waals surface area contributed by atoms with Crippen LogP contribution in [0.4, 0.5) is 0 Å². The zero-order chi connectivity index (χ0) is 47.7. The lowest BCUT2D eigenvalue weighted by Crippen LogP contribution is -2.55. The molecule has 2 unspecified atom stereocenters. The Balaban J connectivity index is 4.28. The van der Waals surface area contributed by atoms with E-state index in [2.05, 4.69) is 86.8 Å². The Morgan fingerprint density at radius 3 is 1.28 bits per heavy atom. The minimum atomic E-state index is -1.13. The van der Waals surface area contributed by atoms with Gasteiger partial charge in [-0.05, 0) is 64.2 Å². The number of carbonyl (C=O) groups excluding carboxylic acids is 3. The lowest BCUT2D eigenvalue weighted by atomic mass is 10.0. The Kier molecular flexibility index (Phi) is 44.9. The van der Waals surface area contributed by atoms with Gasteiger partial charge in [-0.15, -0.1) is 0 Å². The van der Waals surface area contributed by atoms with Crippen molar-refractivity contribution in [2.24, 2.45) is 0 Å². The van der Waals surface area contributed by atoms with Gasteiger partial charge in [0.1, 0.15) is 12.6 Å². The van der Waals surface area contributed by atoms with Gasteiger partial charge in [0.05, 0.1) is 40.3 Å². The van der Waals surface area contributed by atoms with Crippen molar-refractivity contribution < 1.29 is 38.2 Å². The molecule has 0 aromatic rings. The maximum absolute atomic E-state index is 12.8. The van der Waals surface area contributed by atoms with E-state index in [4.69, 9.17) is 14.2 Å². The molecule has 0 radical (unpaired) electrons. The quantitative estimate of drug-likeness (QED) is 0.0259. The Labute approximate surface area is 400 Å². The van der Waals surface area contributed by atoms with Gasteiger partial charge in [0, 0.05) is 19.3 Å². The molecule has 0 fully saturated rings. The predicted octanol–water partition coefficient (Wildman–Crippen LogP) is 14.1. The van der Waals surface area contributed by atoms with Crippen molar-refractivity contribution in [2.75, 3.05) is 41.0 Å². The molecular weight excluding hydrogens is 811 g/mol. The van der Waals surface area contributed by atoms with Gasteiger partial charge in [0.15, 0.2) is 6.10 Å². The first-order chi connectivity index (χ1) is 31.6. The summed E-state index contributed by atoms with van der Waals surface area (Å²) in [5, 5.41) is 11.7. The van der Waals surface area contributed by atoms with Crippen molar-refractivity contribution >= 4 is 17.9 Å². The van der Waals surface area contributed by atoms with Crippen molar-refractivity contribution in [1.29, 1.82) is 0 Å². The molecule has 0 saturated heterocycles. The second-order valence-corrected chi connectivity index (χ2v) is 18.7. The Morgan fingerprint density at radius 2 is 0.862 bits per heavy atom. The van der Waals surface area contributed by atoms with E-state index in [9.17, 15) is 19.5 Å². The summed E-state index contributed by atoms with van der Waals surface area (Å²) in [5.74, 6) is -1.76. The van der Waals surface area contributed by atoms with Crippen LogP contribution in [0.2, 0.25) is 0 Å². The molecule has 0 N–H and O–H groups in total. The molecule has 8 nitrogen and oxygen atoms in total. The lowest BCUT2D eigenvalue weighted by Gasteiger charge is -2.34. The van der Waals surface area contributed by atoms with E-state index in [0.29, 0.717) is 12.8 Å². The Bertz CT molecular complexity index is 1290. The van der Waals surface area contributed by atoms with E-state index in [0.717, 1.165) is 89.9 Å². The number of hydrogen-bond donors (Lipinski definition) is 0. The van der Waals surface area contributed by atoms with Crippen molar-refractivity contribution in [1.82, 2.24) is 0 Å². The van der Waals surface area contributed by atoms with Gasteiger partial charge in [-0.1, -0.05) is 209 Å². The summed E-state index contributed by atoms with van der Waals surface area (Å²) in [4.78, 5) is 37.1. The van der Waals surface area contributed by atoms with Crippen LogP contribution in [0.5, 0.6) is 0 Å². The summed E-state index contributed by atoms with van der Waals surface area (Å²) in [7, 11) is 5.41. The maximum atomic E-state index is 12.8. The van der Waals surface area contributed by atoms with Crippen molar-refractivity contribution in [3.63, 3.8) is 0 Å². The molecule has 0 aliphatic rings. The third-order valence-corrected chi connectivity index (χ3v) is 11.6. The Morgan fingerprint density at radius 1 is 0.477 bits per heavy atom. The molecule has 0 saturated carbocycles. The third-order valence-electron chi connectivity index (χ3n) is 11.6. The molecule has 0 bridgehead atoms. The van der Waals surface area contributed by atoms with Gasteiger partial charge in [-0.3, -0.25) is 9.59 Å². The first-order valence-electron chi connectivity index (χ1n) is 26.5. The number of nitrogens with zero attached hydrogens (tertiary/aromatic N) is 1. The number of quaternary nitrogens is 1. The summed E-state index contributed by atoms with van der Waals surface area (Å²) >= 11 is 0. The first kappa shape index (κ1) is 61.8. The number of ether oxygens (including phenoxy) is 3. The zero-order valence-electron chi connectivity index (χ0n) is 42.6. The van der Waals surface area contributed by atoms with E-state index >= 15 is 0 Å². The second kappa shape index (κ2) is 47.3. The summed E-state index contributed by atoms with van der Waals surface area (Å²) in [6.07, 6.45) is 60.7. The summed E-state index contributed by atoms with van der Waals surface area (Å²) in [6.45, 7) is 4.54. The summed E-state index contributed by atoms with van der Waals surface area (Å²) < 4.78 is 17.2. The van der Waals surface area contributed by atoms with Crippen molar-refractivity contribution in [3.05, 3.63) is 72.9 Å². The van der Waals surface area contributed by atoms with Crippen LogP contribution in [0.3, 0.4) is 0 Å². The lowest BCUT2D eigenvalue weighted by molar-refractivity contribution is -0.889. The van der Waals surface area contributed by atoms with Crippen LogP contribution in [0, 0.1) is 0 Å². The van der Waals surface area contributed by atoms with Crippen LogP contribution >= 0.6 is 0 Å². The second-order valence-electron chi connectivity index (χ2n) is 18.7. The number of unbranched alkanes of at least 4 members (excludes halogenated alkanes) is 21. The number of likely N-dealkylation sites (N-methyl/N-ethyl adjacent to an activating group) is 1. The monoisotopic (exact) mass is 910 g/mol. The molecule has 374 valence electrons. The van der Waals surface area contributed by atoms with Crippen LogP contribution in [-0.4, -0.2) is 75.5 Å². The molecule has 0 aromatic heterocycles. The highest BCUT2D eigenvalue weighted by Crippen LogP contribution is 2.16. The van der Waals surface area contributed by atoms with E-state index in [1.54, 1.807) is 21.1 Å². The van der Waals surface area contributed by atoms with Gasteiger partial charge >= 0.3 is 11.9 Å². The molecule has 0 aliphatic heterocycles. The van der Waals surface area contributed by atoms with Gasteiger partial charge in [-0.25, -0.2) is 0 Å². The molecule has 0 aromatic carbocycles. The fourth-order valence-corrected chi connectivity index (χ4v) is 7.55. The van der Waals surface area contributed by atoms with E-state index in [-0.39, 0.29) is 42.7 Å². The molecule has 0 rings (SSSR count). The van der Waals surface area contributed by atoms with Crippen LogP contribution in [-0.2, 0) is 28.6 Å². The summed E-state index contributed by atoms with van der Waals surface area (Å²) in [5.41, 5.74) is 0. The summed E-state index contributed by atoms with van der Waals surface area (Å²) in [6, 6.07) is -0.732. The molecule has 65 heavy (non-hydrogen) atoms. The average molecular weight is 910 g/mol. The minimum Gasteiger partial charge on any atom is -0.544 e. The van der Waals surface area contributed by atoms with Crippen LogP contribution in [0.15, 0.2) is 72.9 Å². The highest BCUT2D eigenvalue weighted by molar-refractivity contribution is 5.70. The zero-order valence-corrected chi connectivity index (χ0v) is 42.6. The highest BCUT2D eigenvalue weighted by atomic mass is 16.6. The number of carboxylic acids is 1. The van der Waals surface area contributed by atoms with Gasteiger partial charge in [0.2, 0.25) is 0 Å². The van der Waals surface area contributed by atoms with Crippen molar-refractivity contribution in [3.8, 4) is 0 Å². The molecule has 2 atom stereocenters. The van der Waals surface area contributed by atoms with Gasteiger partial charge in [-0.2, -0.15) is 0 Å². The third kappa shape index (κ3) is 45.7. The molecule has 0 heterocycles. The molecule has 0 aliphatic carbocycles. The number of esters is 2. The maximum Gasteiger partial charge on any atom is 0.306 e. The van der Waals surface area contributed by atoms with Crippen LogP contribution in [0.1, 0.15) is 219 Å². The number of aliphatic carboxylic acids is 1. The molecule has 0 amide bonds. The van der Waals surface area contributed by atoms with E-state index in [1.807, 2.05) is 0 Å². The predicted molar refractivity (Wildman–Crippen MR) is 272 cm³/mol. The standard InChI is InChI=1S/C57H99NO7/c1-6-8-10-12-14-16-18-20-22-24-26-27-28-29-30-32-33-35-37-39-41-43-45-47-55(59)64-52-53(51-63-50-49-54(57(61)62)58(3,4)5)65-56(60)48-46-44-42-40-38-36-34-31-25-23-21-19-17-15-13-11-9-7-2/h8,10,14,16,20,22,26-27,29-30,33,35,53-54H,6-7,9,11-13,15,17-19,21,23-25,28,31-32,34,36-52H2,1-5H3/b10-8+,16-14+,22-20+,27-26+,30-29+,35-33+. The fourth-order valence-electron chi connectivity index (χ4n) is 7.55. The molecular formula is C57H99NO7. The number of hydrogen-bond acceptors (Lipinski definition) is 7. The van der Waals surface area contributed by atoms with Gasteiger partial charge in [0.25, 0.3) is 0 Å². The average Bonchev–Trinajstić information content (AvgIpc) is 3.27. The molecule has 0 spiro atoms. The van der Waals surface area contributed by atoms with Gasteiger partial charge < -0.3 is 28.6 Å². The number of allylic oxidation sites excluding steroid dienone is 12. The number of carbonyl (C=O) groups is 3. The Hall–Kier alpha value is -3.23. The molecule has 8 heteroatoms. The minimum absolute atomic E-state index is 0.0314. The topological polar surface area (TPSA) is 102 Å². The largest absolute Gasteiger partial charge is 0.544 e. The fraction of sp³-hybridized carbons (Fsp3) is 0.737. The number of rotatable bonds is 47.